The lowest BCUT2D eigenvalue weighted by molar-refractivity contribution is -0.152. The van der Waals surface area contributed by atoms with E-state index in [0.717, 1.165) is 0 Å². The number of carbonyl (C=O) groups is 2. The van der Waals surface area contributed by atoms with E-state index in [0.29, 0.717) is 5.69 Å². The van der Waals surface area contributed by atoms with Gasteiger partial charge in [-0.05, 0) is 18.1 Å². The maximum Gasteiger partial charge on any atom is 0.316 e. The molecule has 0 aliphatic rings. The summed E-state index contributed by atoms with van der Waals surface area (Å²) in [6.07, 6.45) is 2.27. The van der Waals surface area contributed by atoms with Gasteiger partial charge >= 0.3 is 11.9 Å². The summed E-state index contributed by atoms with van der Waals surface area (Å²) >= 11 is 0. The molecule has 0 saturated heterocycles. The Morgan fingerprint density at radius 1 is 1.23 bits per heavy atom. The van der Waals surface area contributed by atoms with Crippen LogP contribution in [0.15, 0.2) is 30.6 Å². The summed E-state index contributed by atoms with van der Waals surface area (Å²) in [5, 5.41) is 19.2. The summed E-state index contributed by atoms with van der Waals surface area (Å²) in [5.74, 6) is -2.75. The van der Waals surface area contributed by atoms with E-state index < -0.39 is 29.7 Å². The van der Waals surface area contributed by atoms with Gasteiger partial charge in [0, 0.05) is 6.20 Å². The van der Waals surface area contributed by atoms with Crippen LogP contribution in [0.2, 0.25) is 0 Å². The molecule has 2 heterocycles. The highest BCUT2D eigenvalue weighted by Crippen LogP contribution is 2.40. The lowest BCUT2D eigenvalue weighted by atomic mass is 9.71. The first-order chi connectivity index (χ1) is 11.8. The fraction of sp³-hybridized carbons (Fsp3) is 0.353. The average molecular weight is 362 g/mol. The van der Waals surface area contributed by atoms with E-state index in [1.165, 1.54) is 13.3 Å². The second kappa shape index (κ2) is 8.34. The van der Waals surface area contributed by atoms with Gasteiger partial charge in [0.25, 0.3) is 0 Å². The summed E-state index contributed by atoms with van der Waals surface area (Å²) in [4.78, 5) is 36.2. The van der Waals surface area contributed by atoms with E-state index in [4.69, 9.17) is 4.74 Å². The molecule has 0 aliphatic carbocycles. The lowest BCUT2D eigenvalue weighted by Gasteiger charge is -2.32. The van der Waals surface area contributed by atoms with Gasteiger partial charge < -0.3 is 21.1 Å². The second-order valence-corrected chi connectivity index (χ2v) is 5.83. The van der Waals surface area contributed by atoms with Crippen LogP contribution in [0.4, 0.5) is 0 Å². The maximum atomic E-state index is 12.1. The van der Waals surface area contributed by atoms with E-state index >= 15 is 0 Å². The smallest absolute Gasteiger partial charge is 0.316 e. The van der Waals surface area contributed by atoms with E-state index in [1.54, 1.807) is 38.2 Å². The average Bonchev–Trinajstić information content (AvgIpc) is 2.59. The number of nitrogens with zero attached hydrogens (tertiary/aromatic N) is 3. The highest BCUT2D eigenvalue weighted by atomic mass is 16.5. The number of carboxylic acid groups (broad SMARTS) is 2. The van der Waals surface area contributed by atoms with Crippen LogP contribution in [0.25, 0.3) is 11.5 Å². The minimum absolute atomic E-state index is 0. The van der Waals surface area contributed by atoms with Crippen LogP contribution in [0.3, 0.4) is 0 Å². The quantitative estimate of drug-likeness (QED) is 0.671. The monoisotopic (exact) mass is 362 g/mol. The summed E-state index contributed by atoms with van der Waals surface area (Å²) < 4.78 is 5.22. The van der Waals surface area contributed by atoms with Crippen molar-refractivity contribution in [2.24, 2.45) is 5.92 Å². The predicted molar refractivity (Wildman–Crippen MR) is 93.2 cm³/mol. The van der Waals surface area contributed by atoms with Crippen molar-refractivity contribution in [3.05, 3.63) is 36.3 Å². The Labute approximate surface area is 150 Å². The molecule has 0 saturated carbocycles. The van der Waals surface area contributed by atoms with Crippen molar-refractivity contribution in [1.82, 2.24) is 21.1 Å². The molecule has 0 fully saturated rings. The second-order valence-electron chi connectivity index (χ2n) is 5.83. The number of hydrogen-bond donors (Lipinski definition) is 3. The molecule has 0 bridgehead atoms. The Morgan fingerprint density at radius 3 is 2.38 bits per heavy atom. The molecule has 5 N–H and O–H groups in total. The molecule has 2 aromatic heterocycles. The molecule has 0 spiro atoms. The molecule has 0 aliphatic heterocycles. The van der Waals surface area contributed by atoms with Crippen LogP contribution >= 0.6 is 0 Å². The van der Waals surface area contributed by atoms with Gasteiger partial charge in [-0.25, -0.2) is 9.97 Å². The molecule has 1 atom stereocenters. The summed E-state index contributed by atoms with van der Waals surface area (Å²) in [6.45, 7) is 3.28. The van der Waals surface area contributed by atoms with Crippen molar-refractivity contribution in [3.63, 3.8) is 0 Å². The normalized spacial score (nSPS) is 12.8. The van der Waals surface area contributed by atoms with E-state index in [-0.39, 0.29) is 23.4 Å². The molecule has 2 aromatic rings. The molecule has 0 aromatic carbocycles. The fourth-order valence-electron chi connectivity index (χ4n) is 2.68. The summed E-state index contributed by atoms with van der Waals surface area (Å²) in [5.41, 5.74) is -1.29. The summed E-state index contributed by atoms with van der Waals surface area (Å²) in [7, 11) is 1.36. The van der Waals surface area contributed by atoms with Crippen molar-refractivity contribution in [1.29, 1.82) is 0 Å². The van der Waals surface area contributed by atoms with Crippen LogP contribution in [0, 0.1) is 5.92 Å². The molecule has 9 nitrogen and oxygen atoms in total. The number of rotatable bonds is 7. The van der Waals surface area contributed by atoms with Gasteiger partial charge in [-0.2, -0.15) is 0 Å². The molecule has 0 radical (unpaired) electrons. The number of aliphatic carboxylic acids is 2. The Balaban J connectivity index is 0.00000338. The van der Waals surface area contributed by atoms with Crippen molar-refractivity contribution in [2.75, 3.05) is 7.11 Å². The Hall–Kier alpha value is -3.07. The van der Waals surface area contributed by atoms with Crippen LogP contribution in [0.1, 0.15) is 26.0 Å². The number of hydrogen-bond acceptors (Lipinski definition) is 7. The van der Waals surface area contributed by atoms with Crippen molar-refractivity contribution in [3.8, 4) is 17.3 Å². The SMILES string of the molecule is COc1cnc(-c2ccccn2)nc1C(CC(=O)O)(C(=O)O)C(C)C.N. The van der Waals surface area contributed by atoms with Crippen LogP contribution in [-0.2, 0) is 15.0 Å². The van der Waals surface area contributed by atoms with E-state index in [9.17, 15) is 19.8 Å². The van der Waals surface area contributed by atoms with Gasteiger partial charge in [0.1, 0.15) is 16.8 Å². The number of pyridine rings is 1. The zero-order valence-electron chi connectivity index (χ0n) is 14.8. The van der Waals surface area contributed by atoms with Crippen LogP contribution < -0.4 is 10.9 Å². The van der Waals surface area contributed by atoms with Gasteiger partial charge in [-0.1, -0.05) is 19.9 Å². The van der Waals surface area contributed by atoms with Gasteiger partial charge in [-0.15, -0.1) is 0 Å². The van der Waals surface area contributed by atoms with Crippen LogP contribution in [0.5, 0.6) is 5.75 Å². The molecule has 140 valence electrons. The highest BCUT2D eigenvalue weighted by molar-refractivity contribution is 5.87. The molecule has 9 heteroatoms. The summed E-state index contributed by atoms with van der Waals surface area (Å²) in [6, 6.07) is 5.16. The molecular formula is C17H22N4O5. The van der Waals surface area contributed by atoms with Gasteiger partial charge in [-0.3, -0.25) is 14.6 Å². The number of ether oxygens (including phenoxy) is 1. The van der Waals surface area contributed by atoms with Crippen molar-refractivity contribution >= 4 is 11.9 Å². The lowest BCUT2D eigenvalue weighted by Crippen LogP contribution is -2.44. The highest BCUT2D eigenvalue weighted by Gasteiger charge is 2.49. The number of carboxylic acids is 2. The third-order valence-electron chi connectivity index (χ3n) is 4.09. The zero-order valence-corrected chi connectivity index (χ0v) is 14.8. The zero-order chi connectivity index (χ0) is 18.6. The van der Waals surface area contributed by atoms with Gasteiger partial charge in [0.05, 0.1) is 19.7 Å². The number of aromatic nitrogens is 3. The fourth-order valence-corrected chi connectivity index (χ4v) is 2.68. The molecular weight excluding hydrogens is 340 g/mol. The molecule has 2 rings (SSSR count). The predicted octanol–water partition coefficient (Wildman–Crippen LogP) is 2.16. The van der Waals surface area contributed by atoms with Gasteiger partial charge in [0.15, 0.2) is 11.6 Å². The minimum Gasteiger partial charge on any atom is -0.493 e. The third kappa shape index (κ3) is 3.77. The molecule has 1 unspecified atom stereocenters. The molecule has 0 amide bonds. The minimum atomic E-state index is -1.76. The Morgan fingerprint density at radius 2 is 1.92 bits per heavy atom. The molecule has 26 heavy (non-hydrogen) atoms. The van der Waals surface area contributed by atoms with E-state index in [1.807, 2.05) is 0 Å². The standard InChI is InChI=1S/C17H19N3O5.H3N/c1-10(2)17(16(23)24,8-13(21)22)14-12(25-3)9-19-15(20-14)11-6-4-5-7-18-11;/h4-7,9-10H,8H2,1-3H3,(H,21,22)(H,23,24);1H3. The first-order valence-corrected chi connectivity index (χ1v) is 7.61. The topological polar surface area (TPSA) is 158 Å². The van der Waals surface area contributed by atoms with Crippen molar-refractivity contribution in [2.45, 2.75) is 25.7 Å². The largest absolute Gasteiger partial charge is 0.493 e. The number of methoxy groups -OCH3 is 1. The first-order valence-electron chi connectivity index (χ1n) is 7.61. The van der Waals surface area contributed by atoms with Crippen LogP contribution in [-0.4, -0.2) is 44.2 Å². The Kier molecular flexibility index (Phi) is 6.73. The third-order valence-corrected chi connectivity index (χ3v) is 4.09. The first kappa shape index (κ1) is 21.0. The van der Waals surface area contributed by atoms with E-state index in [2.05, 4.69) is 15.0 Å². The van der Waals surface area contributed by atoms with Gasteiger partial charge in [0.2, 0.25) is 0 Å². The van der Waals surface area contributed by atoms with Crippen molar-refractivity contribution < 1.29 is 24.5 Å². The Bertz CT molecular complexity index is 782. The maximum absolute atomic E-state index is 12.1.